The van der Waals surface area contributed by atoms with Crippen LogP contribution in [0.25, 0.3) is 0 Å². The standard InChI is InChI=1S/C20H23NO5/c1-12-17(20(24)26-11-10-25-2)18(13-6-8-14(22)9-7-13)19-15(21-12)4-3-5-16(19)23/h6-9,18,21-22H,3-5,10-11H2,1-2H3/t18-/m0/s1. The van der Waals surface area contributed by atoms with Gasteiger partial charge >= 0.3 is 5.97 Å². The zero-order valence-corrected chi connectivity index (χ0v) is 15.0. The molecule has 2 N–H and O–H groups in total. The number of ether oxygens (including phenoxy) is 2. The lowest BCUT2D eigenvalue weighted by Gasteiger charge is -2.34. The van der Waals surface area contributed by atoms with Crippen molar-refractivity contribution in [2.24, 2.45) is 0 Å². The summed E-state index contributed by atoms with van der Waals surface area (Å²) in [6.45, 7) is 2.28. The number of phenolic OH excluding ortho intramolecular Hbond substituents is 1. The summed E-state index contributed by atoms with van der Waals surface area (Å²) in [7, 11) is 1.54. The minimum atomic E-state index is -0.491. The van der Waals surface area contributed by atoms with E-state index in [9.17, 15) is 14.7 Å². The maximum atomic E-state index is 12.8. The van der Waals surface area contributed by atoms with Crippen LogP contribution in [0.3, 0.4) is 0 Å². The molecule has 1 aliphatic heterocycles. The van der Waals surface area contributed by atoms with Crippen LogP contribution in [-0.2, 0) is 19.1 Å². The molecule has 1 heterocycles. The molecule has 0 spiro atoms. The fraction of sp³-hybridized carbons (Fsp3) is 0.400. The van der Waals surface area contributed by atoms with Gasteiger partial charge in [0, 0.05) is 36.4 Å². The molecular weight excluding hydrogens is 334 g/mol. The number of benzene rings is 1. The van der Waals surface area contributed by atoms with Gasteiger partial charge in [0.1, 0.15) is 12.4 Å². The lowest BCUT2D eigenvalue weighted by atomic mass is 9.75. The third-order valence-corrected chi connectivity index (χ3v) is 4.74. The third kappa shape index (κ3) is 3.51. The van der Waals surface area contributed by atoms with Crippen LogP contribution in [0.2, 0.25) is 0 Å². The van der Waals surface area contributed by atoms with E-state index in [0.29, 0.717) is 29.9 Å². The average molecular weight is 357 g/mol. The van der Waals surface area contributed by atoms with Gasteiger partial charge in [-0.05, 0) is 37.5 Å². The van der Waals surface area contributed by atoms with Crippen LogP contribution < -0.4 is 5.32 Å². The average Bonchev–Trinajstić information content (AvgIpc) is 2.61. The summed E-state index contributed by atoms with van der Waals surface area (Å²) in [6.07, 6.45) is 2.05. The first kappa shape index (κ1) is 18.2. The minimum absolute atomic E-state index is 0.0477. The number of phenols is 1. The fourth-order valence-corrected chi connectivity index (χ4v) is 3.55. The summed E-state index contributed by atoms with van der Waals surface area (Å²) >= 11 is 0. The molecule has 6 heteroatoms. The van der Waals surface area contributed by atoms with Gasteiger partial charge in [0.05, 0.1) is 12.2 Å². The Balaban J connectivity index is 2.04. The SMILES string of the molecule is COCCOC(=O)C1=C(C)NC2=C(C(=O)CCC2)[C@H]1c1ccc(O)cc1. The highest BCUT2D eigenvalue weighted by molar-refractivity contribution is 6.03. The van der Waals surface area contributed by atoms with E-state index in [1.807, 2.05) is 6.92 Å². The van der Waals surface area contributed by atoms with Crippen molar-refractivity contribution in [3.63, 3.8) is 0 Å². The summed E-state index contributed by atoms with van der Waals surface area (Å²) in [5.74, 6) is -0.770. The molecule has 1 atom stereocenters. The van der Waals surface area contributed by atoms with Crippen molar-refractivity contribution >= 4 is 11.8 Å². The lowest BCUT2D eigenvalue weighted by molar-refractivity contribution is -0.140. The predicted molar refractivity (Wildman–Crippen MR) is 95.4 cm³/mol. The molecule has 1 aromatic carbocycles. The van der Waals surface area contributed by atoms with Gasteiger partial charge in [0.25, 0.3) is 0 Å². The number of methoxy groups -OCH3 is 1. The topological polar surface area (TPSA) is 84.9 Å². The van der Waals surface area contributed by atoms with E-state index in [1.54, 1.807) is 24.3 Å². The number of esters is 1. The maximum Gasteiger partial charge on any atom is 0.336 e. The summed E-state index contributed by atoms with van der Waals surface area (Å²) in [6, 6.07) is 6.61. The summed E-state index contributed by atoms with van der Waals surface area (Å²) in [4.78, 5) is 25.4. The fourth-order valence-electron chi connectivity index (χ4n) is 3.55. The van der Waals surface area contributed by atoms with Crippen LogP contribution in [0, 0.1) is 0 Å². The van der Waals surface area contributed by atoms with Crippen molar-refractivity contribution in [3.05, 3.63) is 52.4 Å². The van der Waals surface area contributed by atoms with Crippen molar-refractivity contribution in [2.75, 3.05) is 20.3 Å². The number of dihydropyridines is 1. The van der Waals surface area contributed by atoms with E-state index in [-0.39, 0.29) is 18.1 Å². The second-order valence-corrected chi connectivity index (χ2v) is 6.49. The van der Waals surface area contributed by atoms with E-state index in [4.69, 9.17) is 9.47 Å². The molecule has 0 amide bonds. The number of ketones is 1. The number of carbonyl (C=O) groups is 2. The maximum absolute atomic E-state index is 12.8. The smallest absolute Gasteiger partial charge is 0.336 e. The van der Waals surface area contributed by atoms with E-state index in [2.05, 4.69) is 5.32 Å². The van der Waals surface area contributed by atoms with Crippen molar-refractivity contribution in [1.82, 2.24) is 5.32 Å². The molecule has 0 aromatic heterocycles. The molecule has 3 rings (SSSR count). The van der Waals surface area contributed by atoms with E-state index in [1.165, 1.54) is 7.11 Å². The lowest BCUT2D eigenvalue weighted by Crippen LogP contribution is -2.34. The van der Waals surface area contributed by atoms with Gasteiger partial charge in [-0.25, -0.2) is 4.79 Å². The normalized spacial score (nSPS) is 19.9. The third-order valence-electron chi connectivity index (χ3n) is 4.74. The predicted octanol–water partition coefficient (Wildman–Crippen LogP) is 2.55. The second-order valence-electron chi connectivity index (χ2n) is 6.49. The molecule has 0 fully saturated rings. The molecule has 2 aliphatic rings. The van der Waals surface area contributed by atoms with E-state index < -0.39 is 11.9 Å². The zero-order chi connectivity index (χ0) is 18.7. The van der Waals surface area contributed by atoms with Gasteiger partial charge in [-0.15, -0.1) is 0 Å². The Kier molecular flexibility index (Phi) is 5.42. The number of carbonyl (C=O) groups excluding carboxylic acids is 2. The second kappa shape index (κ2) is 7.74. The van der Waals surface area contributed by atoms with Crippen molar-refractivity contribution in [3.8, 4) is 5.75 Å². The van der Waals surface area contributed by atoms with E-state index in [0.717, 1.165) is 24.1 Å². The molecule has 1 aromatic rings. The number of hydrogen-bond acceptors (Lipinski definition) is 6. The van der Waals surface area contributed by atoms with Gasteiger partial charge in [0.15, 0.2) is 5.78 Å². The van der Waals surface area contributed by atoms with Gasteiger partial charge in [-0.2, -0.15) is 0 Å². The van der Waals surface area contributed by atoms with Crippen LogP contribution in [-0.4, -0.2) is 37.2 Å². The first-order chi connectivity index (χ1) is 12.5. The number of allylic oxidation sites excluding steroid dienone is 3. The van der Waals surface area contributed by atoms with Crippen LogP contribution >= 0.6 is 0 Å². The van der Waals surface area contributed by atoms with Gasteiger partial charge < -0.3 is 19.9 Å². The first-order valence-electron chi connectivity index (χ1n) is 8.72. The zero-order valence-electron chi connectivity index (χ0n) is 15.0. The molecule has 0 unspecified atom stereocenters. The Bertz CT molecular complexity index is 776. The Labute approximate surface area is 152 Å². The van der Waals surface area contributed by atoms with Crippen molar-refractivity contribution < 1.29 is 24.2 Å². The molecule has 0 saturated carbocycles. The molecule has 6 nitrogen and oxygen atoms in total. The summed E-state index contributed by atoms with van der Waals surface area (Å²) < 4.78 is 10.3. The van der Waals surface area contributed by atoms with Crippen LogP contribution in [0.4, 0.5) is 0 Å². The van der Waals surface area contributed by atoms with Crippen LogP contribution in [0.1, 0.15) is 37.7 Å². The highest BCUT2D eigenvalue weighted by atomic mass is 16.6. The summed E-state index contributed by atoms with van der Waals surface area (Å²) in [5, 5.41) is 12.8. The van der Waals surface area contributed by atoms with Crippen LogP contribution in [0.5, 0.6) is 5.75 Å². The Hall–Kier alpha value is -2.60. The Morgan fingerprint density at radius 3 is 2.65 bits per heavy atom. The van der Waals surface area contributed by atoms with Gasteiger partial charge in [-0.1, -0.05) is 12.1 Å². The summed E-state index contributed by atoms with van der Waals surface area (Å²) in [5.41, 5.74) is 3.42. The van der Waals surface area contributed by atoms with Gasteiger partial charge in [0.2, 0.25) is 0 Å². The number of hydrogen-bond donors (Lipinski definition) is 2. The number of aromatic hydroxyl groups is 1. The Morgan fingerprint density at radius 1 is 1.23 bits per heavy atom. The first-order valence-corrected chi connectivity index (χ1v) is 8.72. The van der Waals surface area contributed by atoms with Gasteiger partial charge in [-0.3, -0.25) is 4.79 Å². The monoisotopic (exact) mass is 357 g/mol. The molecule has 138 valence electrons. The Morgan fingerprint density at radius 2 is 1.96 bits per heavy atom. The van der Waals surface area contributed by atoms with Crippen molar-refractivity contribution in [1.29, 1.82) is 0 Å². The van der Waals surface area contributed by atoms with Crippen molar-refractivity contribution in [2.45, 2.75) is 32.1 Å². The number of rotatable bonds is 5. The largest absolute Gasteiger partial charge is 0.508 e. The number of nitrogens with one attached hydrogen (secondary N) is 1. The molecule has 0 bridgehead atoms. The quantitative estimate of drug-likeness (QED) is 0.622. The highest BCUT2D eigenvalue weighted by Crippen LogP contribution is 2.42. The molecular formula is C20H23NO5. The highest BCUT2D eigenvalue weighted by Gasteiger charge is 2.39. The van der Waals surface area contributed by atoms with Crippen LogP contribution in [0.15, 0.2) is 46.8 Å². The number of Topliss-reactive ketones (excluding diaryl/α,β-unsaturated/α-hetero) is 1. The molecule has 1 aliphatic carbocycles. The molecule has 0 saturated heterocycles. The minimum Gasteiger partial charge on any atom is -0.508 e. The van der Waals surface area contributed by atoms with E-state index >= 15 is 0 Å². The molecule has 26 heavy (non-hydrogen) atoms. The molecule has 0 radical (unpaired) electrons.